The molecule has 28 heavy (non-hydrogen) atoms. The van der Waals surface area contributed by atoms with E-state index in [-0.39, 0.29) is 0 Å². The standard InChI is InChI=1S/C23H26N4S/c1-3-4-8-19-11-13-21(14-12-19)18(2)26-27-22-15-16-24-23(25-22)28-17-20-9-6-5-7-10-20/h5-7,9-16H,3-4,8,17H2,1-2H3,(H,24,25,27)/b26-18-. The molecule has 3 rings (SSSR count). The molecule has 0 radical (unpaired) electrons. The van der Waals surface area contributed by atoms with Crippen LogP contribution in [0.1, 0.15) is 43.4 Å². The predicted octanol–water partition coefficient (Wildman–Crippen LogP) is 5.95. The fourth-order valence-corrected chi connectivity index (χ4v) is 3.48. The van der Waals surface area contributed by atoms with Gasteiger partial charge in [0, 0.05) is 18.0 Å². The Bertz CT molecular complexity index is 892. The zero-order valence-electron chi connectivity index (χ0n) is 16.4. The first kappa shape index (κ1) is 20.1. The number of nitrogens with zero attached hydrogens (tertiary/aromatic N) is 3. The second-order valence-corrected chi connectivity index (χ2v) is 7.55. The number of anilines is 1. The fourth-order valence-electron chi connectivity index (χ4n) is 2.69. The summed E-state index contributed by atoms with van der Waals surface area (Å²) in [7, 11) is 0. The van der Waals surface area contributed by atoms with Crippen LogP contribution in [0.25, 0.3) is 0 Å². The van der Waals surface area contributed by atoms with Gasteiger partial charge in [-0.2, -0.15) is 5.10 Å². The maximum Gasteiger partial charge on any atom is 0.189 e. The van der Waals surface area contributed by atoms with Gasteiger partial charge in [0.1, 0.15) is 0 Å². The molecule has 1 aromatic heterocycles. The summed E-state index contributed by atoms with van der Waals surface area (Å²) >= 11 is 1.62. The van der Waals surface area contributed by atoms with Crippen LogP contribution in [0.5, 0.6) is 0 Å². The van der Waals surface area contributed by atoms with Crippen molar-refractivity contribution in [1.82, 2.24) is 9.97 Å². The quantitative estimate of drug-likeness (QED) is 0.212. The zero-order chi connectivity index (χ0) is 19.6. The molecule has 5 heteroatoms. The molecular weight excluding hydrogens is 364 g/mol. The predicted molar refractivity (Wildman–Crippen MR) is 119 cm³/mol. The third-order valence-electron chi connectivity index (χ3n) is 4.37. The van der Waals surface area contributed by atoms with Crippen LogP contribution in [-0.4, -0.2) is 15.7 Å². The number of thioether (sulfide) groups is 1. The summed E-state index contributed by atoms with van der Waals surface area (Å²) in [6.07, 6.45) is 5.34. The molecule has 1 N–H and O–H groups in total. The van der Waals surface area contributed by atoms with Crippen molar-refractivity contribution in [2.45, 2.75) is 44.0 Å². The summed E-state index contributed by atoms with van der Waals surface area (Å²) in [5.74, 6) is 1.54. The van der Waals surface area contributed by atoms with Crippen molar-refractivity contribution in [3.8, 4) is 0 Å². The van der Waals surface area contributed by atoms with Gasteiger partial charge in [0.05, 0.1) is 5.71 Å². The van der Waals surface area contributed by atoms with Crippen molar-refractivity contribution in [3.05, 3.63) is 83.6 Å². The highest BCUT2D eigenvalue weighted by atomic mass is 32.2. The Morgan fingerprint density at radius 1 is 1.00 bits per heavy atom. The third kappa shape index (κ3) is 6.20. The summed E-state index contributed by atoms with van der Waals surface area (Å²) in [4.78, 5) is 8.87. The molecule has 0 atom stereocenters. The zero-order valence-corrected chi connectivity index (χ0v) is 17.2. The van der Waals surface area contributed by atoms with Crippen molar-refractivity contribution >= 4 is 23.3 Å². The van der Waals surface area contributed by atoms with E-state index in [2.05, 4.69) is 63.8 Å². The topological polar surface area (TPSA) is 50.2 Å². The number of aryl methyl sites for hydroxylation is 1. The van der Waals surface area contributed by atoms with Crippen LogP contribution in [0, 0.1) is 0 Å². The van der Waals surface area contributed by atoms with E-state index < -0.39 is 0 Å². The lowest BCUT2D eigenvalue weighted by Gasteiger charge is -2.06. The lowest BCUT2D eigenvalue weighted by atomic mass is 10.0. The van der Waals surface area contributed by atoms with E-state index in [0.29, 0.717) is 5.82 Å². The van der Waals surface area contributed by atoms with Crippen LogP contribution in [-0.2, 0) is 12.2 Å². The molecule has 0 aliphatic carbocycles. The van der Waals surface area contributed by atoms with Crippen molar-refractivity contribution in [1.29, 1.82) is 0 Å². The molecule has 0 fully saturated rings. The Hall–Kier alpha value is -2.66. The summed E-state index contributed by atoms with van der Waals surface area (Å²) in [5, 5.41) is 5.22. The van der Waals surface area contributed by atoms with Crippen LogP contribution in [0.2, 0.25) is 0 Å². The molecule has 3 aromatic rings. The second kappa shape index (κ2) is 10.6. The number of aromatic nitrogens is 2. The second-order valence-electron chi connectivity index (χ2n) is 6.61. The Kier molecular flexibility index (Phi) is 7.62. The number of hydrazone groups is 1. The normalized spacial score (nSPS) is 11.4. The number of unbranched alkanes of at least 4 members (excludes halogenated alkanes) is 1. The van der Waals surface area contributed by atoms with Crippen molar-refractivity contribution in [2.75, 3.05) is 5.43 Å². The molecule has 0 aliphatic rings. The Labute approximate surface area is 171 Å². The molecule has 0 bridgehead atoms. The minimum absolute atomic E-state index is 0.699. The van der Waals surface area contributed by atoms with Crippen molar-refractivity contribution < 1.29 is 0 Å². The van der Waals surface area contributed by atoms with E-state index in [0.717, 1.165) is 28.6 Å². The van der Waals surface area contributed by atoms with E-state index in [1.165, 1.54) is 24.0 Å². The van der Waals surface area contributed by atoms with Gasteiger partial charge in [-0.3, -0.25) is 5.43 Å². The minimum Gasteiger partial charge on any atom is -0.261 e. The first-order chi connectivity index (χ1) is 13.7. The van der Waals surface area contributed by atoms with E-state index in [1.54, 1.807) is 18.0 Å². The molecular formula is C23H26N4S. The number of rotatable bonds is 9. The van der Waals surface area contributed by atoms with E-state index in [1.807, 2.05) is 31.2 Å². The molecule has 0 spiro atoms. The molecule has 0 aliphatic heterocycles. The van der Waals surface area contributed by atoms with Gasteiger partial charge in [0.15, 0.2) is 11.0 Å². The number of hydrogen-bond acceptors (Lipinski definition) is 5. The Balaban J connectivity index is 1.58. The largest absolute Gasteiger partial charge is 0.261 e. The minimum atomic E-state index is 0.699. The lowest BCUT2D eigenvalue weighted by molar-refractivity contribution is 0.795. The summed E-state index contributed by atoms with van der Waals surface area (Å²) in [5.41, 5.74) is 7.73. The summed E-state index contributed by atoms with van der Waals surface area (Å²) < 4.78 is 0. The van der Waals surface area contributed by atoms with Gasteiger partial charge in [-0.05, 0) is 36.5 Å². The number of benzene rings is 2. The molecule has 144 valence electrons. The highest BCUT2D eigenvalue weighted by Gasteiger charge is 2.02. The molecule has 0 unspecified atom stereocenters. The Morgan fingerprint density at radius 2 is 1.79 bits per heavy atom. The highest BCUT2D eigenvalue weighted by Crippen LogP contribution is 2.20. The highest BCUT2D eigenvalue weighted by molar-refractivity contribution is 7.98. The maximum atomic E-state index is 4.53. The van der Waals surface area contributed by atoms with Crippen LogP contribution in [0.3, 0.4) is 0 Å². The van der Waals surface area contributed by atoms with Gasteiger partial charge in [0.2, 0.25) is 0 Å². The molecule has 0 saturated carbocycles. The van der Waals surface area contributed by atoms with Crippen LogP contribution in [0.4, 0.5) is 5.82 Å². The van der Waals surface area contributed by atoms with Crippen LogP contribution >= 0.6 is 11.8 Å². The molecule has 4 nitrogen and oxygen atoms in total. The maximum absolute atomic E-state index is 4.53. The van der Waals surface area contributed by atoms with E-state index >= 15 is 0 Å². The fraction of sp³-hybridized carbons (Fsp3) is 0.261. The van der Waals surface area contributed by atoms with Gasteiger partial charge in [-0.1, -0.05) is 79.7 Å². The van der Waals surface area contributed by atoms with E-state index in [9.17, 15) is 0 Å². The first-order valence-electron chi connectivity index (χ1n) is 9.64. The Morgan fingerprint density at radius 3 is 2.54 bits per heavy atom. The number of hydrogen-bond donors (Lipinski definition) is 1. The average molecular weight is 391 g/mol. The van der Waals surface area contributed by atoms with Gasteiger partial charge >= 0.3 is 0 Å². The van der Waals surface area contributed by atoms with Gasteiger partial charge in [0.25, 0.3) is 0 Å². The smallest absolute Gasteiger partial charge is 0.189 e. The number of nitrogens with one attached hydrogen (secondary N) is 1. The lowest BCUT2D eigenvalue weighted by Crippen LogP contribution is -2.02. The average Bonchev–Trinajstić information content (AvgIpc) is 2.76. The van der Waals surface area contributed by atoms with Crippen LogP contribution in [0.15, 0.2) is 77.1 Å². The summed E-state index contributed by atoms with van der Waals surface area (Å²) in [6, 6.07) is 20.8. The summed E-state index contributed by atoms with van der Waals surface area (Å²) in [6.45, 7) is 4.22. The SMILES string of the molecule is CCCCc1ccc(/C(C)=N\Nc2ccnc(SCc3ccccc3)n2)cc1. The van der Waals surface area contributed by atoms with Gasteiger partial charge in [-0.15, -0.1) is 0 Å². The third-order valence-corrected chi connectivity index (χ3v) is 5.31. The van der Waals surface area contributed by atoms with Crippen molar-refractivity contribution in [2.24, 2.45) is 5.10 Å². The van der Waals surface area contributed by atoms with E-state index in [4.69, 9.17) is 0 Å². The first-order valence-corrected chi connectivity index (χ1v) is 10.6. The monoisotopic (exact) mass is 390 g/mol. The molecule has 2 aromatic carbocycles. The molecule has 0 saturated heterocycles. The van der Waals surface area contributed by atoms with Crippen molar-refractivity contribution in [3.63, 3.8) is 0 Å². The van der Waals surface area contributed by atoms with Gasteiger partial charge in [-0.25, -0.2) is 9.97 Å². The van der Waals surface area contributed by atoms with Gasteiger partial charge < -0.3 is 0 Å². The molecule has 0 amide bonds. The molecule has 1 heterocycles. The van der Waals surface area contributed by atoms with Crippen LogP contribution < -0.4 is 5.43 Å².